The average molecular weight is 299 g/mol. The fourth-order valence-electron chi connectivity index (χ4n) is 2.59. The molecule has 2 atom stereocenters. The maximum absolute atomic E-state index is 11.6. The van der Waals surface area contributed by atoms with E-state index in [1.165, 1.54) is 0 Å². The number of tetrazole rings is 1. The lowest BCUT2D eigenvalue weighted by molar-refractivity contribution is -0.142. The summed E-state index contributed by atoms with van der Waals surface area (Å²) in [5.74, 6) is -1.56. The summed E-state index contributed by atoms with van der Waals surface area (Å²) in [5.41, 5.74) is 1.33. The number of nitriles is 1. The highest BCUT2D eigenvalue weighted by molar-refractivity contribution is 5.71. The van der Waals surface area contributed by atoms with E-state index in [0.717, 1.165) is 12.0 Å². The van der Waals surface area contributed by atoms with E-state index in [1.54, 1.807) is 12.1 Å². The molecule has 1 aromatic carbocycles. The summed E-state index contributed by atoms with van der Waals surface area (Å²) >= 11 is 0. The van der Waals surface area contributed by atoms with Crippen LogP contribution < -0.4 is 0 Å². The third kappa shape index (κ3) is 3.47. The van der Waals surface area contributed by atoms with Crippen LogP contribution in [0.2, 0.25) is 0 Å². The van der Waals surface area contributed by atoms with Gasteiger partial charge in [0.25, 0.3) is 0 Å². The van der Waals surface area contributed by atoms with E-state index in [4.69, 9.17) is 0 Å². The summed E-state index contributed by atoms with van der Waals surface area (Å²) < 4.78 is 0. The average Bonchev–Trinajstić information content (AvgIpc) is 3.05. The zero-order valence-corrected chi connectivity index (χ0v) is 12.2. The lowest BCUT2D eigenvalue weighted by Crippen LogP contribution is -2.25. The van der Waals surface area contributed by atoms with Crippen LogP contribution in [0.25, 0.3) is 0 Å². The van der Waals surface area contributed by atoms with E-state index >= 15 is 0 Å². The van der Waals surface area contributed by atoms with E-state index in [-0.39, 0.29) is 0 Å². The molecule has 0 aliphatic carbocycles. The molecule has 2 aromatic rings. The number of aliphatic carboxylic acids is 1. The van der Waals surface area contributed by atoms with Gasteiger partial charge in [0.1, 0.15) is 0 Å². The molecule has 7 nitrogen and oxygen atoms in total. The van der Waals surface area contributed by atoms with Crippen molar-refractivity contribution < 1.29 is 9.90 Å². The van der Waals surface area contributed by atoms with Crippen LogP contribution >= 0.6 is 0 Å². The number of hydrogen-bond acceptors (Lipinski definition) is 5. The van der Waals surface area contributed by atoms with Gasteiger partial charge in [-0.05, 0) is 24.5 Å². The Bertz CT molecular complexity index is 663. The number of aromatic nitrogens is 4. The van der Waals surface area contributed by atoms with Gasteiger partial charge < -0.3 is 5.11 Å². The molecular weight excluding hydrogens is 282 g/mol. The van der Waals surface area contributed by atoms with Gasteiger partial charge in [0.15, 0.2) is 5.82 Å². The molecule has 114 valence electrons. The predicted molar refractivity (Wildman–Crippen MR) is 77.8 cm³/mol. The number of nitrogens with zero attached hydrogens (tertiary/aromatic N) is 4. The van der Waals surface area contributed by atoms with E-state index in [0.29, 0.717) is 24.2 Å². The van der Waals surface area contributed by atoms with Crippen LogP contribution in [0.4, 0.5) is 0 Å². The van der Waals surface area contributed by atoms with Gasteiger partial charge in [0, 0.05) is 5.92 Å². The number of benzene rings is 1. The Kier molecular flexibility index (Phi) is 5.20. The van der Waals surface area contributed by atoms with E-state index in [2.05, 4.69) is 26.7 Å². The third-order valence-electron chi connectivity index (χ3n) is 3.67. The molecule has 0 saturated carbocycles. The molecule has 2 N–H and O–H groups in total. The van der Waals surface area contributed by atoms with Crippen molar-refractivity contribution in [2.45, 2.75) is 32.1 Å². The fourth-order valence-corrected chi connectivity index (χ4v) is 2.59. The smallest absolute Gasteiger partial charge is 0.307 e. The zero-order chi connectivity index (χ0) is 15.9. The molecule has 1 aromatic heterocycles. The summed E-state index contributed by atoms with van der Waals surface area (Å²) in [6.45, 7) is 1.94. The van der Waals surface area contributed by atoms with Crippen LogP contribution in [0.1, 0.15) is 42.6 Å². The quantitative estimate of drug-likeness (QED) is 0.806. The number of aromatic amines is 1. The Hall–Kier alpha value is -2.75. The molecule has 0 fully saturated rings. The number of rotatable bonds is 7. The van der Waals surface area contributed by atoms with Crippen LogP contribution in [0.3, 0.4) is 0 Å². The molecule has 7 heteroatoms. The molecule has 0 amide bonds. The lowest BCUT2D eigenvalue weighted by atomic mass is 9.82. The van der Waals surface area contributed by atoms with E-state index in [9.17, 15) is 15.2 Å². The van der Waals surface area contributed by atoms with Gasteiger partial charge in [-0.1, -0.05) is 36.8 Å². The molecular formula is C15H17N5O2. The first-order chi connectivity index (χ1) is 10.7. The number of carboxylic acids is 1. The van der Waals surface area contributed by atoms with Crippen molar-refractivity contribution in [3.05, 3.63) is 41.2 Å². The van der Waals surface area contributed by atoms with Crippen LogP contribution in [0.5, 0.6) is 0 Å². The van der Waals surface area contributed by atoms with E-state index < -0.39 is 17.8 Å². The first-order valence-corrected chi connectivity index (χ1v) is 7.11. The normalized spacial score (nSPS) is 13.3. The monoisotopic (exact) mass is 299 g/mol. The van der Waals surface area contributed by atoms with Gasteiger partial charge in [-0.2, -0.15) is 10.5 Å². The van der Waals surface area contributed by atoms with Crippen molar-refractivity contribution in [3.63, 3.8) is 0 Å². The molecule has 1 heterocycles. The van der Waals surface area contributed by atoms with Gasteiger partial charge >= 0.3 is 5.97 Å². The summed E-state index contributed by atoms with van der Waals surface area (Å²) in [5, 5.41) is 32.6. The number of carboxylic acid groups (broad SMARTS) is 1. The van der Waals surface area contributed by atoms with Crippen molar-refractivity contribution in [1.29, 1.82) is 5.26 Å². The molecule has 2 rings (SSSR count). The Labute approximate surface area is 128 Å². The molecule has 0 bridgehead atoms. The van der Waals surface area contributed by atoms with Crippen LogP contribution in [-0.2, 0) is 11.2 Å². The zero-order valence-electron chi connectivity index (χ0n) is 12.2. The predicted octanol–water partition coefficient (Wildman–Crippen LogP) is 1.90. The highest BCUT2D eigenvalue weighted by atomic mass is 16.4. The molecule has 22 heavy (non-hydrogen) atoms. The maximum Gasteiger partial charge on any atom is 0.307 e. The van der Waals surface area contributed by atoms with Gasteiger partial charge in [-0.25, -0.2) is 0 Å². The topological polar surface area (TPSA) is 116 Å². The summed E-state index contributed by atoms with van der Waals surface area (Å²) in [6, 6.07) is 9.30. The first-order valence-electron chi connectivity index (χ1n) is 7.11. The van der Waals surface area contributed by atoms with Crippen molar-refractivity contribution in [1.82, 2.24) is 20.6 Å². The van der Waals surface area contributed by atoms with Crippen LogP contribution in [-0.4, -0.2) is 31.7 Å². The van der Waals surface area contributed by atoms with Gasteiger partial charge in [0.2, 0.25) is 0 Å². The SMILES string of the molecule is CCCC(C(=O)O)C(Cc1ccccc1C#N)c1nn[nH]n1. The fraction of sp³-hybridized carbons (Fsp3) is 0.400. The minimum atomic E-state index is -0.883. The minimum absolute atomic E-state index is 0.369. The standard InChI is InChI=1S/C15H17N5O2/c1-2-5-12(15(21)22)13(14-17-19-20-18-14)8-10-6-3-4-7-11(10)9-16/h3-4,6-7,12-13H,2,5,8H2,1H3,(H,21,22)(H,17,18,19,20). The minimum Gasteiger partial charge on any atom is -0.481 e. The lowest BCUT2D eigenvalue weighted by Gasteiger charge is -2.21. The molecule has 2 unspecified atom stereocenters. The number of H-pyrrole nitrogens is 1. The molecule has 0 radical (unpaired) electrons. The second kappa shape index (κ2) is 7.31. The van der Waals surface area contributed by atoms with Gasteiger partial charge in [0.05, 0.1) is 17.6 Å². The van der Waals surface area contributed by atoms with Gasteiger partial charge in [-0.3, -0.25) is 4.79 Å². The molecule has 0 aliphatic heterocycles. The third-order valence-corrected chi connectivity index (χ3v) is 3.67. The van der Waals surface area contributed by atoms with Crippen LogP contribution in [0.15, 0.2) is 24.3 Å². The molecule has 0 spiro atoms. The Morgan fingerprint density at radius 1 is 1.45 bits per heavy atom. The molecule has 0 aliphatic rings. The largest absolute Gasteiger partial charge is 0.481 e. The second-order valence-corrected chi connectivity index (χ2v) is 5.08. The second-order valence-electron chi connectivity index (χ2n) is 5.08. The number of hydrogen-bond donors (Lipinski definition) is 2. The number of nitrogens with one attached hydrogen (secondary N) is 1. The Morgan fingerprint density at radius 3 is 2.82 bits per heavy atom. The van der Waals surface area contributed by atoms with Gasteiger partial charge in [-0.15, -0.1) is 10.2 Å². The first kappa shape index (κ1) is 15.6. The van der Waals surface area contributed by atoms with Crippen molar-refractivity contribution in [2.75, 3.05) is 0 Å². The number of carbonyl (C=O) groups is 1. The Morgan fingerprint density at radius 2 is 2.23 bits per heavy atom. The summed E-state index contributed by atoms with van der Waals surface area (Å²) in [6.07, 6.45) is 1.65. The Balaban J connectivity index is 2.37. The van der Waals surface area contributed by atoms with Crippen molar-refractivity contribution in [3.8, 4) is 6.07 Å². The highest BCUT2D eigenvalue weighted by Crippen LogP contribution is 2.30. The van der Waals surface area contributed by atoms with Crippen LogP contribution in [0, 0.1) is 17.2 Å². The van der Waals surface area contributed by atoms with Crippen molar-refractivity contribution >= 4 is 5.97 Å². The highest BCUT2D eigenvalue weighted by Gasteiger charge is 2.32. The maximum atomic E-state index is 11.6. The molecule has 0 saturated heterocycles. The van der Waals surface area contributed by atoms with E-state index in [1.807, 2.05) is 19.1 Å². The van der Waals surface area contributed by atoms with Crippen molar-refractivity contribution in [2.24, 2.45) is 5.92 Å². The summed E-state index contributed by atoms with van der Waals surface area (Å²) in [4.78, 5) is 11.6. The summed E-state index contributed by atoms with van der Waals surface area (Å²) in [7, 11) is 0.